The number of pyridine rings is 1. The lowest BCUT2D eigenvalue weighted by atomic mass is 10.2. The molecule has 12 heavy (non-hydrogen) atoms. The van der Waals surface area contributed by atoms with Crippen LogP contribution in [0.15, 0.2) is 12.3 Å². The van der Waals surface area contributed by atoms with E-state index < -0.39 is 5.95 Å². The summed E-state index contributed by atoms with van der Waals surface area (Å²) in [4.78, 5) is 3.52. The van der Waals surface area contributed by atoms with E-state index in [1.807, 2.05) is 0 Å². The van der Waals surface area contributed by atoms with E-state index in [0.29, 0.717) is 10.6 Å². The average Bonchev–Trinajstić information content (AvgIpc) is 2.73. The molecule has 0 saturated heterocycles. The third kappa shape index (κ3) is 1.30. The van der Waals surface area contributed by atoms with E-state index in [4.69, 9.17) is 17.3 Å². The molecule has 0 amide bonds. The molecule has 1 fully saturated rings. The topological polar surface area (TPSA) is 38.9 Å². The second kappa shape index (κ2) is 2.68. The Balaban J connectivity index is 2.36. The van der Waals surface area contributed by atoms with Gasteiger partial charge in [-0.15, -0.1) is 0 Å². The summed E-state index contributed by atoms with van der Waals surface area (Å²) in [6.07, 6.45) is 2.13. The molecule has 2 atom stereocenters. The van der Waals surface area contributed by atoms with Gasteiger partial charge >= 0.3 is 0 Å². The Kier molecular flexibility index (Phi) is 1.77. The molecule has 1 heterocycles. The van der Waals surface area contributed by atoms with Crippen LogP contribution in [0.4, 0.5) is 4.39 Å². The van der Waals surface area contributed by atoms with Crippen molar-refractivity contribution >= 4 is 11.6 Å². The van der Waals surface area contributed by atoms with E-state index in [0.717, 1.165) is 6.42 Å². The SMILES string of the molecule is NC1CC1c1cc(Cl)cnc1F. The van der Waals surface area contributed by atoms with Gasteiger partial charge in [-0.05, 0) is 12.5 Å². The summed E-state index contributed by atoms with van der Waals surface area (Å²) in [6, 6.07) is 1.68. The summed E-state index contributed by atoms with van der Waals surface area (Å²) in [5.41, 5.74) is 6.13. The fourth-order valence-corrected chi connectivity index (χ4v) is 1.44. The van der Waals surface area contributed by atoms with Crippen molar-refractivity contribution in [1.82, 2.24) is 4.98 Å². The van der Waals surface area contributed by atoms with E-state index in [1.54, 1.807) is 6.07 Å². The first-order valence-electron chi connectivity index (χ1n) is 3.75. The quantitative estimate of drug-likeness (QED) is 0.678. The molecule has 1 saturated carbocycles. The summed E-state index contributed by atoms with van der Waals surface area (Å²) in [6.45, 7) is 0. The Labute approximate surface area is 74.5 Å². The summed E-state index contributed by atoms with van der Waals surface area (Å²) in [7, 11) is 0. The first-order valence-corrected chi connectivity index (χ1v) is 4.13. The molecule has 1 aliphatic rings. The maximum absolute atomic E-state index is 13.0. The van der Waals surface area contributed by atoms with Crippen molar-refractivity contribution in [1.29, 1.82) is 0 Å². The monoisotopic (exact) mass is 186 g/mol. The first kappa shape index (κ1) is 7.95. The third-order valence-electron chi connectivity index (χ3n) is 2.07. The maximum atomic E-state index is 13.0. The van der Waals surface area contributed by atoms with Gasteiger partial charge in [0.1, 0.15) is 0 Å². The second-order valence-corrected chi connectivity index (χ2v) is 3.48. The van der Waals surface area contributed by atoms with E-state index in [-0.39, 0.29) is 12.0 Å². The van der Waals surface area contributed by atoms with Gasteiger partial charge in [-0.2, -0.15) is 4.39 Å². The smallest absolute Gasteiger partial charge is 0.216 e. The number of nitrogens with two attached hydrogens (primary N) is 1. The number of aromatic nitrogens is 1. The van der Waals surface area contributed by atoms with Gasteiger partial charge in [-0.1, -0.05) is 11.6 Å². The molecule has 1 aromatic rings. The highest BCUT2D eigenvalue weighted by Crippen LogP contribution is 2.40. The van der Waals surface area contributed by atoms with Gasteiger partial charge in [-0.25, -0.2) is 4.98 Å². The molecule has 2 nitrogen and oxygen atoms in total. The summed E-state index contributed by atoms with van der Waals surface area (Å²) < 4.78 is 13.0. The van der Waals surface area contributed by atoms with Gasteiger partial charge in [0, 0.05) is 23.7 Å². The number of hydrogen-bond acceptors (Lipinski definition) is 2. The van der Waals surface area contributed by atoms with Crippen LogP contribution < -0.4 is 5.73 Å². The van der Waals surface area contributed by atoms with Crippen LogP contribution in [0, 0.1) is 5.95 Å². The van der Waals surface area contributed by atoms with Gasteiger partial charge in [-0.3, -0.25) is 0 Å². The van der Waals surface area contributed by atoms with E-state index >= 15 is 0 Å². The van der Waals surface area contributed by atoms with E-state index in [9.17, 15) is 4.39 Å². The molecule has 0 bridgehead atoms. The molecule has 0 radical (unpaired) electrons. The minimum absolute atomic E-state index is 0.0831. The fourth-order valence-electron chi connectivity index (χ4n) is 1.27. The van der Waals surface area contributed by atoms with Gasteiger partial charge in [0.05, 0.1) is 5.02 Å². The molecular formula is C8H8ClFN2. The standard InChI is InChI=1S/C8H8ClFN2/c9-4-1-6(5-2-7(5)11)8(10)12-3-4/h1,3,5,7H,2,11H2. The van der Waals surface area contributed by atoms with Crippen LogP contribution in [0.5, 0.6) is 0 Å². The van der Waals surface area contributed by atoms with Crippen molar-refractivity contribution in [3.05, 3.63) is 28.8 Å². The lowest BCUT2D eigenvalue weighted by Gasteiger charge is -1.99. The summed E-state index contributed by atoms with van der Waals surface area (Å²) in [5.74, 6) is -0.325. The number of halogens is 2. The predicted molar refractivity (Wildman–Crippen MR) is 44.5 cm³/mol. The summed E-state index contributed by atoms with van der Waals surface area (Å²) >= 11 is 5.67. The highest BCUT2D eigenvalue weighted by Gasteiger charge is 2.37. The Morgan fingerprint density at radius 2 is 2.33 bits per heavy atom. The number of nitrogens with zero attached hydrogens (tertiary/aromatic N) is 1. The molecule has 2 N–H and O–H groups in total. The van der Waals surface area contributed by atoms with Crippen LogP contribution in [0.1, 0.15) is 17.9 Å². The van der Waals surface area contributed by atoms with Crippen molar-refractivity contribution in [2.75, 3.05) is 0 Å². The van der Waals surface area contributed by atoms with E-state index in [2.05, 4.69) is 4.98 Å². The molecule has 0 aliphatic heterocycles. The highest BCUT2D eigenvalue weighted by atomic mass is 35.5. The molecule has 2 unspecified atom stereocenters. The zero-order valence-corrected chi connectivity index (χ0v) is 7.05. The Morgan fingerprint density at radius 1 is 1.67 bits per heavy atom. The first-order chi connectivity index (χ1) is 5.68. The van der Waals surface area contributed by atoms with Crippen molar-refractivity contribution in [2.24, 2.45) is 5.73 Å². The van der Waals surface area contributed by atoms with Crippen LogP contribution >= 0.6 is 11.6 Å². The largest absolute Gasteiger partial charge is 0.327 e. The Bertz CT molecular complexity index is 316. The van der Waals surface area contributed by atoms with Crippen LogP contribution in [0.3, 0.4) is 0 Å². The number of hydrogen-bond donors (Lipinski definition) is 1. The molecule has 0 spiro atoms. The molecule has 1 aromatic heterocycles. The molecule has 64 valence electrons. The highest BCUT2D eigenvalue weighted by molar-refractivity contribution is 6.30. The molecule has 0 aromatic carbocycles. The lowest BCUT2D eigenvalue weighted by Crippen LogP contribution is -2.03. The van der Waals surface area contributed by atoms with Gasteiger partial charge in [0.25, 0.3) is 0 Å². The minimum atomic E-state index is -0.447. The van der Waals surface area contributed by atoms with Crippen molar-refractivity contribution in [2.45, 2.75) is 18.4 Å². The lowest BCUT2D eigenvalue weighted by molar-refractivity contribution is 0.566. The molecule has 1 aliphatic carbocycles. The number of rotatable bonds is 1. The van der Waals surface area contributed by atoms with Gasteiger partial charge in [0.2, 0.25) is 5.95 Å². The third-order valence-corrected chi connectivity index (χ3v) is 2.28. The Hall–Kier alpha value is -0.670. The van der Waals surface area contributed by atoms with Gasteiger partial charge < -0.3 is 5.73 Å². The molecule has 2 rings (SSSR count). The Morgan fingerprint density at radius 3 is 2.92 bits per heavy atom. The predicted octanol–water partition coefficient (Wildman–Crippen LogP) is 1.69. The normalized spacial score (nSPS) is 27.2. The van der Waals surface area contributed by atoms with E-state index in [1.165, 1.54) is 6.20 Å². The van der Waals surface area contributed by atoms with Crippen LogP contribution in [-0.4, -0.2) is 11.0 Å². The van der Waals surface area contributed by atoms with Crippen molar-refractivity contribution < 1.29 is 4.39 Å². The van der Waals surface area contributed by atoms with Crippen LogP contribution in [0.2, 0.25) is 5.02 Å². The maximum Gasteiger partial charge on any atom is 0.216 e. The molecule has 4 heteroatoms. The summed E-state index contributed by atoms with van der Waals surface area (Å²) in [5, 5.41) is 0.463. The van der Waals surface area contributed by atoms with Crippen LogP contribution in [-0.2, 0) is 0 Å². The molecular weight excluding hydrogens is 179 g/mol. The van der Waals surface area contributed by atoms with Crippen molar-refractivity contribution in [3.8, 4) is 0 Å². The van der Waals surface area contributed by atoms with Crippen LogP contribution in [0.25, 0.3) is 0 Å². The average molecular weight is 187 g/mol. The zero-order chi connectivity index (χ0) is 8.72. The zero-order valence-electron chi connectivity index (χ0n) is 6.30. The van der Waals surface area contributed by atoms with Crippen molar-refractivity contribution in [3.63, 3.8) is 0 Å². The second-order valence-electron chi connectivity index (χ2n) is 3.04. The minimum Gasteiger partial charge on any atom is -0.327 e. The van der Waals surface area contributed by atoms with Gasteiger partial charge in [0.15, 0.2) is 0 Å². The fraction of sp³-hybridized carbons (Fsp3) is 0.375.